The second-order valence-corrected chi connectivity index (χ2v) is 8.25. The third-order valence-corrected chi connectivity index (χ3v) is 6.27. The first-order valence-corrected chi connectivity index (χ1v) is 9.10. The lowest BCUT2D eigenvalue weighted by atomic mass is 10.3. The van der Waals surface area contributed by atoms with Gasteiger partial charge in [0.25, 0.3) is 10.0 Å². The van der Waals surface area contributed by atoms with E-state index >= 15 is 0 Å². The summed E-state index contributed by atoms with van der Waals surface area (Å²) in [5, 5.41) is 3.38. The molecule has 2 N–H and O–H groups in total. The molecule has 7 heteroatoms. The lowest BCUT2D eigenvalue weighted by molar-refractivity contribution is 0.603. The van der Waals surface area contributed by atoms with Crippen LogP contribution in [-0.4, -0.2) is 19.4 Å². The van der Waals surface area contributed by atoms with Gasteiger partial charge in [-0.25, -0.2) is 8.42 Å². The Balaban J connectivity index is 1.73. The van der Waals surface area contributed by atoms with E-state index in [0.29, 0.717) is 15.9 Å². The Labute approximate surface area is 128 Å². The van der Waals surface area contributed by atoms with Gasteiger partial charge in [-0.15, -0.1) is 11.3 Å². The molecular formula is C14H17N3O2S2. The third-order valence-electron chi connectivity index (χ3n) is 3.33. The lowest BCUT2D eigenvalue weighted by Crippen LogP contribution is -2.14. The van der Waals surface area contributed by atoms with Crippen LogP contribution in [0.3, 0.4) is 0 Å². The zero-order chi connectivity index (χ0) is 14.9. The first kappa shape index (κ1) is 14.5. The molecule has 0 spiro atoms. The second-order valence-electron chi connectivity index (χ2n) is 5.17. The number of thiophene rings is 1. The van der Waals surface area contributed by atoms with E-state index in [1.54, 1.807) is 18.3 Å². The monoisotopic (exact) mass is 323 g/mol. The van der Waals surface area contributed by atoms with Gasteiger partial charge in [-0.1, -0.05) is 0 Å². The Morgan fingerprint density at radius 3 is 2.86 bits per heavy atom. The number of hydrogen-bond acceptors (Lipinski definition) is 5. The maximum atomic E-state index is 12.4. The zero-order valence-electron chi connectivity index (χ0n) is 11.7. The summed E-state index contributed by atoms with van der Waals surface area (Å²) in [4.78, 5) is 4.98. The van der Waals surface area contributed by atoms with Gasteiger partial charge in [-0.05, 0) is 43.5 Å². The van der Waals surface area contributed by atoms with Crippen LogP contribution >= 0.6 is 11.3 Å². The van der Waals surface area contributed by atoms with Crippen LogP contribution < -0.4 is 10.0 Å². The van der Waals surface area contributed by atoms with Gasteiger partial charge in [0.2, 0.25) is 0 Å². The summed E-state index contributed by atoms with van der Waals surface area (Å²) in [6.07, 6.45) is 5.60. The van der Waals surface area contributed by atoms with Crippen LogP contribution in [0.15, 0.2) is 34.8 Å². The van der Waals surface area contributed by atoms with E-state index in [2.05, 4.69) is 15.0 Å². The number of pyridine rings is 1. The van der Waals surface area contributed by atoms with Crippen LogP contribution in [0.5, 0.6) is 0 Å². The fourth-order valence-electron chi connectivity index (χ4n) is 1.90. The highest BCUT2D eigenvalue weighted by atomic mass is 32.2. The molecule has 112 valence electrons. The van der Waals surface area contributed by atoms with Crippen molar-refractivity contribution in [1.82, 2.24) is 10.3 Å². The molecule has 0 saturated heterocycles. The molecule has 1 aliphatic carbocycles. The van der Waals surface area contributed by atoms with Crippen molar-refractivity contribution in [2.24, 2.45) is 0 Å². The second kappa shape index (κ2) is 5.75. The molecule has 0 unspecified atom stereocenters. The molecule has 0 aromatic carbocycles. The van der Waals surface area contributed by atoms with Crippen LogP contribution in [-0.2, 0) is 16.6 Å². The maximum Gasteiger partial charge on any atom is 0.271 e. The Bertz CT molecular complexity index is 736. The molecule has 21 heavy (non-hydrogen) atoms. The van der Waals surface area contributed by atoms with Crippen LogP contribution in [0, 0.1) is 6.92 Å². The van der Waals surface area contributed by atoms with Crippen molar-refractivity contribution in [2.45, 2.75) is 36.6 Å². The highest BCUT2D eigenvalue weighted by Crippen LogP contribution is 2.26. The van der Waals surface area contributed by atoms with E-state index in [1.807, 2.05) is 13.0 Å². The smallest absolute Gasteiger partial charge is 0.271 e. The molecule has 2 aromatic rings. The van der Waals surface area contributed by atoms with E-state index in [4.69, 9.17) is 0 Å². The molecule has 2 heterocycles. The highest BCUT2D eigenvalue weighted by Gasteiger charge is 2.21. The van der Waals surface area contributed by atoms with Gasteiger partial charge in [0.15, 0.2) is 0 Å². The molecule has 0 bridgehead atoms. The topological polar surface area (TPSA) is 71.1 Å². The number of aromatic nitrogens is 1. The number of rotatable bonds is 6. The van der Waals surface area contributed by atoms with Crippen molar-refractivity contribution in [1.29, 1.82) is 0 Å². The first-order chi connectivity index (χ1) is 10.0. The molecule has 0 amide bonds. The molecule has 1 saturated carbocycles. The fourth-order valence-corrected chi connectivity index (χ4v) is 4.32. The third kappa shape index (κ3) is 3.61. The molecule has 3 rings (SSSR count). The van der Waals surface area contributed by atoms with Crippen LogP contribution in [0.1, 0.15) is 23.3 Å². The Kier molecular flexibility index (Phi) is 3.97. The molecule has 1 aliphatic rings. The molecule has 0 radical (unpaired) electrons. The van der Waals surface area contributed by atoms with Crippen molar-refractivity contribution in [2.75, 3.05) is 4.72 Å². The molecular weight excluding hydrogens is 306 g/mol. The van der Waals surface area contributed by atoms with Crippen molar-refractivity contribution in [3.8, 4) is 0 Å². The van der Waals surface area contributed by atoms with Crippen molar-refractivity contribution >= 4 is 27.0 Å². The van der Waals surface area contributed by atoms with Gasteiger partial charge >= 0.3 is 0 Å². The summed E-state index contributed by atoms with van der Waals surface area (Å²) in [6.45, 7) is 2.58. The maximum absolute atomic E-state index is 12.4. The van der Waals surface area contributed by atoms with E-state index in [-0.39, 0.29) is 0 Å². The van der Waals surface area contributed by atoms with Crippen molar-refractivity contribution < 1.29 is 8.42 Å². The number of hydrogen-bond donors (Lipinski definition) is 2. The number of anilines is 1. The van der Waals surface area contributed by atoms with Gasteiger partial charge < -0.3 is 5.32 Å². The zero-order valence-corrected chi connectivity index (χ0v) is 13.3. The van der Waals surface area contributed by atoms with Crippen molar-refractivity contribution in [3.63, 3.8) is 0 Å². The quantitative estimate of drug-likeness (QED) is 0.857. The first-order valence-electron chi connectivity index (χ1n) is 6.80. The molecule has 2 aromatic heterocycles. The Morgan fingerprint density at radius 2 is 2.14 bits per heavy atom. The minimum Gasteiger partial charge on any atom is -0.309 e. The number of nitrogens with one attached hydrogen (secondary N) is 2. The average Bonchev–Trinajstić information content (AvgIpc) is 3.15. The van der Waals surface area contributed by atoms with Crippen molar-refractivity contribution in [3.05, 3.63) is 41.0 Å². The summed E-state index contributed by atoms with van der Waals surface area (Å²) in [5.74, 6) is 0. The molecule has 0 aliphatic heterocycles. The summed E-state index contributed by atoms with van der Waals surface area (Å²) >= 11 is 1.30. The lowest BCUT2D eigenvalue weighted by Gasteiger charge is -2.08. The largest absolute Gasteiger partial charge is 0.309 e. The number of aryl methyl sites for hydroxylation is 1. The minimum absolute atomic E-state index is 0.332. The van der Waals surface area contributed by atoms with E-state index in [9.17, 15) is 8.42 Å². The van der Waals surface area contributed by atoms with Gasteiger partial charge in [0, 0.05) is 23.7 Å². The van der Waals surface area contributed by atoms with Gasteiger partial charge in [-0.2, -0.15) is 0 Å². The normalized spacial score (nSPS) is 15.1. The number of nitrogens with zero attached hydrogens (tertiary/aromatic N) is 1. The fraction of sp³-hybridized carbons (Fsp3) is 0.357. The predicted octanol–water partition coefficient (Wildman–Crippen LogP) is 2.50. The Hall–Kier alpha value is -1.44. The standard InChI is InChI=1S/C14H17N3O2S2/c1-10-6-7-15-9-13(10)17-21(18,19)14-5-4-12(20-14)8-16-11-2-3-11/h4-7,9,11,16-17H,2-3,8H2,1H3. The SMILES string of the molecule is Cc1ccncc1NS(=O)(=O)c1ccc(CNC2CC2)s1. The van der Waals surface area contributed by atoms with Crippen LogP contribution in [0.4, 0.5) is 5.69 Å². The van der Waals surface area contributed by atoms with E-state index in [1.165, 1.54) is 30.4 Å². The van der Waals surface area contributed by atoms with E-state index < -0.39 is 10.0 Å². The molecule has 5 nitrogen and oxygen atoms in total. The predicted molar refractivity (Wildman–Crippen MR) is 84.0 cm³/mol. The summed E-state index contributed by atoms with van der Waals surface area (Å²) < 4.78 is 27.7. The van der Waals surface area contributed by atoms with Crippen LogP contribution in [0.25, 0.3) is 0 Å². The number of sulfonamides is 1. The molecule has 0 atom stereocenters. The highest BCUT2D eigenvalue weighted by molar-refractivity contribution is 7.94. The minimum atomic E-state index is -3.54. The van der Waals surface area contributed by atoms with Gasteiger partial charge in [-0.3, -0.25) is 9.71 Å². The van der Waals surface area contributed by atoms with E-state index in [0.717, 1.165) is 17.0 Å². The Morgan fingerprint density at radius 1 is 1.33 bits per heavy atom. The summed E-state index contributed by atoms with van der Waals surface area (Å²) in [7, 11) is -3.54. The summed E-state index contributed by atoms with van der Waals surface area (Å²) in [6, 6.07) is 5.91. The average molecular weight is 323 g/mol. The van der Waals surface area contributed by atoms with Gasteiger partial charge in [0.05, 0.1) is 11.9 Å². The van der Waals surface area contributed by atoms with Gasteiger partial charge in [0.1, 0.15) is 4.21 Å². The van der Waals surface area contributed by atoms with Crippen LogP contribution in [0.2, 0.25) is 0 Å². The molecule has 1 fully saturated rings. The summed E-state index contributed by atoms with van der Waals surface area (Å²) in [5.41, 5.74) is 1.37.